The van der Waals surface area contributed by atoms with Crippen molar-refractivity contribution in [3.8, 4) is 0 Å². The summed E-state index contributed by atoms with van der Waals surface area (Å²) in [6.07, 6.45) is 3.54. The van der Waals surface area contributed by atoms with Gasteiger partial charge in [-0.3, -0.25) is 0 Å². The van der Waals surface area contributed by atoms with Crippen LogP contribution >= 0.6 is 0 Å². The van der Waals surface area contributed by atoms with Gasteiger partial charge in [-0.15, -0.1) is 0 Å². The number of hydrogen-bond donors (Lipinski definition) is 2. The minimum atomic E-state index is 0.0599. The Balaban J connectivity index is 1.83. The van der Waals surface area contributed by atoms with Gasteiger partial charge in [-0.25, -0.2) is 0 Å². The van der Waals surface area contributed by atoms with Crippen LogP contribution in [0.25, 0.3) is 6.08 Å². The van der Waals surface area contributed by atoms with E-state index in [1.165, 1.54) is 0 Å². The van der Waals surface area contributed by atoms with E-state index in [-0.39, 0.29) is 13.2 Å². The summed E-state index contributed by atoms with van der Waals surface area (Å²) in [5, 5.41) is 17.9. The molecule has 0 unspecified atom stereocenters. The summed E-state index contributed by atoms with van der Waals surface area (Å²) in [6, 6.07) is 15.3. The molecule has 0 atom stereocenters. The lowest BCUT2D eigenvalue weighted by atomic mass is 10.1. The lowest BCUT2D eigenvalue weighted by Crippen LogP contribution is -1.88. The quantitative estimate of drug-likeness (QED) is 0.794. The molecule has 3 nitrogen and oxygen atoms in total. The Bertz CT molecular complexity index is 541. The van der Waals surface area contributed by atoms with Gasteiger partial charge in [0.25, 0.3) is 0 Å². The van der Waals surface area contributed by atoms with Crippen LogP contribution in [0.1, 0.15) is 22.3 Å². The van der Waals surface area contributed by atoms with Crippen LogP contribution in [0.4, 0.5) is 0 Å². The smallest absolute Gasteiger partial charge is 0.112 e. The first kappa shape index (κ1) is 14.3. The van der Waals surface area contributed by atoms with E-state index in [0.29, 0.717) is 6.61 Å². The highest BCUT2D eigenvalue weighted by atomic mass is 16.5. The summed E-state index contributed by atoms with van der Waals surface area (Å²) in [5.74, 6) is 0. The Kier molecular flexibility index (Phi) is 5.35. The zero-order valence-electron chi connectivity index (χ0n) is 11.2. The molecule has 0 radical (unpaired) electrons. The van der Waals surface area contributed by atoms with Crippen LogP contribution in [0.5, 0.6) is 0 Å². The molecule has 0 saturated carbocycles. The van der Waals surface area contributed by atoms with Gasteiger partial charge in [-0.2, -0.15) is 0 Å². The molecule has 0 fully saturated rings. The minimum Gasteiger partial charge on any atom is -0.496 e. The van der Waals surface area contributed by atoms with E-state index in [0.717, 1.165) is 22.3 Å². The fourth-order valence-corrected chi connectivity index (χ4v) is 1.75. The van der Waals surface area contributed by atoms with E-state index >= 15 is 0 Å². The fraction of sp³-hybridized carbons (Fsp3) is 0.176. The highest BCUT2D eigenvalue weighted by Crippen LogP contribution is 2.08. The Morgan fingerprint density at radius 1 is 0.750 bits per heavy atom. The van der Waals surface area contributed by atoms with E-state index in [1.807, 2.05) is 54.6 Å². The van der Waals surface area contributed by atoms with Gasteiger partial charge in [0, 0.05) is 0 Å². The fourth-order valence-electron chi connectivity index (χ4n) is 1.75. The maximum Gasteiger partial charge on any atom is 0.112 e. The lowest BCUT2D eigenvalue weighted by Gasteiger charge is -2.02. The predicted molar refractivity (Wildman–Crippen MR) is 78.6 cm³/mol. The van der Waals surface area contributed by atoms with Crippen molar-refractivity contribution in [2.45, 2.75) is 19.8 Å². The molecule has 20 heavy (non-hydrogen) atoms. The first-order valence-corrected chi connectivity index (χ1v) is 6.48. The van der Waals surface area contributed by atoms with Crippen LogP contribution in [-0.2, 0) is 24.6 Å². The molecule has 2 rings (SSSR count). The second kappa shape index (κ2) is 7.48. The minimum absolute atomic E-state index is 0.0599. The molecule has 0 aliphatic carbocycles. The largest absolute Gasteiger partial charge is 0.496 e. The molecule has 0 heterocycles. The number of aliphatic hydroxyl groups excluding tert-OH is 2. The topological polar surface area (TPSA) is 49.7 Å². The Morgan fingerprint density at radius 3 is 1.80 bits per heavy atom. The second-order valence-electron chi connectivity index (χ2n) is 4.49. The van der Waals surface area contributed by atoms with Crippen molar-refractivity contribution in [3.05, 3.63) is 77.0 Å². The normalized spacial score (nSPS) is 10.9. The van der Waals surface area contributed by atoms with E-state index in [2.05, 4.69) is 0 Å². The van der Waals surface area contributed by atoms with E-state index in [9.17, 15) is 0 Å². The summed E-state index contributed by atoms with van der Waals surface area (Å²) >= 11 is 0. The summed E-state index contributed by atoms with van der Waals surface area (Å²) in [7, 11) is 0. The van der Waals surface area contributed by atoms with Gasteiger partial charge in [0.2, 0.25) is 0 Å². The highest BCUT2D eigenvalue weighted by molar-refractivity contribution is 5.48. The third-order valence-corrected chi connectivity index (χ3v) is 2.97. The summed E-state index contributed by atoms with van der Waals surface area (Å²) < 4.78 is 5.46. The highest BCUT2D eigenvalue weighted by Gasteiger charge is 1.93. The molecule has 2 aromatic carbocycles. The second-order valence-corrected chi connectivity index (χ2v) is 4.49. The van der Waals surface area contributed by atoms with Gasteiger partial charge < -0.3 is 14.9 Å². The van der Waals surface area contributed by atoms with E-state index < -0.39 is 0 Å². The number of benzene rings is 2. The van der Waals surface area contributed by atoms with Crippen LogP contribution in [0.15, 0.2) is 54.8 Å². The monoisotopic (exact) mass is 270 g/mol. The maximum absolute atomic E-state index is 8.95. The standard InChI is InChI=1S/C17H18O3/c18-11-15-3-1-14(2-4-15)9-10-20-13-17-7-5-16(12-19)6-8-17/h1-10,18-19H,11-13H2. The van der Waals surface area contributed by atoms with Crippen molar-refractivity contribution in [1.82, 2.24) is 0 Å². The van der Waals surface area contributed by atoms with Crippen molar-refractivity contribution in [1.29, 1.82) is 0 Å². The molecule has 0 spiro atoms. The van der Waals surface area contributed by atoms with Gasteiger partial charge in [-0.05, 0) is 28.3 Å². The first-order valence-electron chi connectivity index (χ1n) is 6.48. The van der Waals surface area contributed by atoms with Gasteiger partial charge in [0.1, 0.15) is 6.61 Å². The molecule has 0 aromatic heterocycles. The van der Waals surface area contributed by atoms with E-state index in [1.54, 1.807) is 6.26 Å². The van der Waals surface area contributed by atoms with Crippen LogP contribution in [-0.4, -0.2) is 10.2 Å². The molecule has 2 aromatic rings. The Hall–Kier alpha value is -2.10. The molecule has 2 N–H and O–H groups in total. The molecule has 0 amide bonds. The van der Waals surface area contributed by atoms with E-state index in [4.69, 9.17) is 14.9 Å². The first-order chi connectivity index (χ1) is 9.81. The number of ether oxygens (including phenoxy) is 1. The molecule has 0 aliphatic heterocycles. The average Bonchev–Trinajstić information content (AvgIpc) is 2.53. The summed E-state index contributed by atoms with van der Waals surface area (Å²) in [6.45, 7) is 0.617. The maximum atomic E-state index is 8.95. The van der Waals surface area contributed by atoms with Crippen LogP contribution < -0.4 is 0 Å². The van der Waals surface area contributed by atoms with Crippen molar-refractivity contribution >= 4 is 6.08 Å². The zero-order valence-corrected chi connectivity index (χ0v) is 11.2. The van der Waals surface area contributed by atoms with Gasteiger partial charge in [0.15, 0.2) is 0 Å². The van der Waals surface area contributed by atoms with Crippen LogP contribution in [0.2, 0.25) is 0 Å². The molecule has 104 valence electrons. The van der Waals surface area contributed by atoms with Gasteiger partial charge in [0.05, 0.1) is 19.5 Å². The van der Waals surface area contributed by atoms with Crippen molar-refractivity contribution in [2.75, 3.05) is 0 Å². The molecular weight excluding hydrogens is 252 g/mol. The SMILES string of the molecule is OCc1ccc(C=COCc2ccc(CO)cc2)cc1. The number of rotatable bonds is 6. The molecule has 0 saturated heterocycles. The molecular formula is C17H18O3. The van der Waals surface area contributed by atoms with Crippen LogP contribution in [0, 0.1) is 0 Å². The number of hydrogen-bond acceptors (Lipinski definition) is 3. The lowest BCUT2D eigenvalue weighted by molar-refractivity contribution is 0.239. The third-order valence-electron chi connectivity index (χ3n) is 2.97. The summed E-state index contributed by atoms with van der Waals surface area (Å²) in [5.41, 5.74) is 3.88. The Labute approximate surface area is 118 Å². The van der Waals surface area contributed by atoms with Gasteiger partial charge in [-0.1, -0.05) is 48.5 Å². The zero-order chi connectivity index (χ0) is 14.2. The molecule has 3 heteroatoms. The number of aliphatic hydroxyl groups is 2. The molecule has 0 bridgehead atoms. The summed E-state index contributed by atoms with van der Waals surface area (Å²) in [4.78, 5) is 0. The molecule has 0 aliphatic rings. The van der Waals surface area contributed by atoms with Crippen molar-refractivity contribution in [3.63, 3.8) is 0 Å². The predicted octanol–water partition coefficient (Wildman–Crippen LogP) is 2.86. The van der Waals surface area contributed by atoms with Crippen molar-refractivity contribution < 1.29 is 14.9 Å². The van der Waals surface area contributed by atoms with Crippen LogP contribution in [0.3, 0.4) is 0 Å². The Morgan fingerprint density at radius 2 is 1.25 bits per heavy atom. The average molecular weight is 270 g/mol. The van der Waals surface area contributed by atoms with Gasteiger partial charge >= 0.3 is 0 Å². The van der Waals surface area contributed by atoms with Crippen molar-refractivity contribution in [2.24, 2.45) is 0 Å². The third kappa shape index (κ3) is 4.23.